The molecule has 1 aliphatic rings. The summed E-state index contributed by atoms with van der Waals surface area (Å²) < 4.78 is 13.0. The van der Waals surface area contributed by atoms with E-state index in [0.717, 1.165) is 18.5 Å². The van der Waals surface area contributed by atoms with Gasteiger partial charge in [-0.1, -0.05) is 19.1 Å². The van der Waals surface area contributed by atoms with Gasteiger partial charge in [-0.2, -0.15) is 0 Å². The number of nitrogens with two attached hydrogens (primary N) is 1. The Labute approximate surface area is 132 Å². The van der Waals surface area contributed by atoms with Crippen molar-refractivity contribution in [3.63, 3.8) is 0 Å². The number of benzene rings is 1. The van der Waals surface area contributed by atoms with Gasteiger partial charge in [-0.25, -0.2) is 4.39 Å². The minimum absolute atomic E-state index is 0. The number of nitrogens with zero attached hydrogens (tertiary/aromatic N) is 1. The van der Waals surface area contributed by atoms with Crippen molar-refractivity contribution >= 4 is 18.3 Å². The van der Waals surface area contributed by atoms with Crippen molar-refractivity contribution in [3.8, 4) is 0 Å². The van der Waals surface area contributed by atoms with Gasteiger partial charge < -0.3 is 10.6 Å². The Hall–Kier alpha value is -1.13. The Balaban J connectivity index is 0.00000220. The third kappa shape index (κ3) is 3.55. The first-order valence-corrected chi connectivity index (χ1v) is 7.04. The quantitative estimate of drug-likeness (QED) is 0.932. The molecule has 2 N–H and O–H groups in total. The van der Waals surface area contributed by atoms with Gasteiger partial charge in [0, 0.05) is 13.1 Å². The van der Waals surface area contributed by atoms with Gasteiger partial charge in [0.2, 0.25) is 5.91 Å². The van der Waals surface area contributed by atoms with Crippen LogP contribution in [0.15, 0.2) is 24.3 Å². The minimum atomic E-state index is -0.645. The molecule has 0 aromatic heterocycles. The average Bonchev–Trinajstić information content (AvgIpc) is 2.82. The van der Waals surface area contributed by atoms with Crippen molar-refractivity contribution in [2.45, 2.75) is 32.6 Å². The highest BCUT2D eigenvalue weighted by atomic mass is 35.5. The number of hydrogen-bond acceptors (Lipinski definition) is 2. The summed E-state index contributed by atoms with van der Waals surface area (Å²) in [6.45, 7) is 7.93. The third-order valence-electron chi connectivity index (χ3n) is 4.44. The first-order chi connectivity index (χ1) is 9.28. The summed E-state index contributed by atoms with van der Waals surface area (Å²) in [5.41, 5.74) is 6.00. The highest BCUT2D eigenvalue weighted by molar-refractivity contribution is 5.87. The summed E-state index contributed by atoms with van der Waals surface area (Å²) in [5.74, 6) is -0.199. The standard InChI is InChI=1S/C16H23FN2O.ClH/c1-15(2,12-4-6-13(17)7-5-12)14(20)19-9-8-16(3,10-18)11-19;/h4-7H,8-11,18H2,1-3H3;1H. The van der Waals surface area contributed by atoms with Crippen LogP contribution < -0.4 is 5.73 Å². The molecule has 1 heterocycles. The molecule has 2 rings (SSSR count). The van der Waals surface area contributed by atoms with E-state index >= 15 is 0 Å². The van der Waals surface area contributed by atoms with Crippen LogP contribution >= 0.6 is 12.4 Å². The first kappa shape index (κ1) is 17.9. The number of amides is 1. The summed E-state index contributed by atoms with van der Waals surface area (Å²) in [7, 11) is 0. The number of halogens is 2. The van der Waals surface area contributed by atoms with Crippen molar-refractivity contribution in [1.82, 2.24) is 4.90 Å². The van der Waals surface area contributed by atoms with E-state index in [1.54, 1.807) is 12.1 Å². The Morgan fingerprint density at radius 2 is 1.95 bits per heavy atom. The molecule has 1 aromatic carbocycles. The molecule has 1 saturated heterocycles. The molecule has 1 atom stereocenters. The zero-order chi connectivity index (χ0) is 15.0. The molecule has 0 radical (unpaired) electrons. The van der Waals surface area contributed by atoms with Crippen LogP contribution in [0.1, 0.15) is 32.8 Å². The number of hydrogen-bond donors (Lipinski definition) is 1. The molecule has 0 saturated carbocycles. The van der Waals surface area contributed by atoms with Crippen LogP contribution in [0.25, 0.3) is 0 Å². The smallest absolute Gasteiger partial charge is 0.232 e. The molecule has 1 aromatic rings. The summed E-state index contributed by atoms with van der Waals surface area (Å²) in [6.07, 6.45) is 0.939. The fraction of sp³-hybridized carbons (Fsp3) is 0.562. The van der Waals surface area contributed by atoms with Crippen LogP contribution in [0.2, 0.25) is 0 Å². The predicted octanol–water partition coefficient (Wildman–Crippen LogP) is 2.72. The van der Waals surface area contributed by atoms with Crippen LogP contribution in [0.4, 0.5) is 4.39 Å². The summed E-state index contributed by atoms with van der Waals surface area (Å²) in [5, 5.41) is 0. The van der Waals surface area contributed by atoms with Crippen molar-refractivity contribution in [3.05, 3.63) is 35.6 Å². The lowest BCUT2D eigenvalue weighted by Gasteiger charge is -2.31. The van der Waals surface area contributed by atoms with E-state index in [1.165, 1.54) is 12.1 Å². The molecule has 0 aliphatic carbocycles. The van der Waals surface area contributed by atoms with Crippen LogP contribution in [0.5, 0.6) is 0 Å². The minimum Gasteiger partial charge on any atom is -0.341 e. The maximum Gasteiger partial charge on any atom is 0.232 e. The summed E-state index contributed by atoms with van der Waals surface area (Å²) in [6, 6.07) is 6.17. The second-order valence-corrected chi connectivity index (χ2v) is 6.62. The maximum atomic E-state index is 13.0. The predicted molar refractivity (Wildman–Crippen MR) is 85.0 cm³/mol. The number of rotatable bonds is 3. The zero-order valence-corrected chi connectivity index (χ0v) is 13.7. The second-order valence-electron chi connectivity index (χ2n) is 6.62. The van der Waals surface area contributed by atoms with Crippen LogP contribution in [-0.4, -0.2) is 30.4 Å². The lowest BCUT2D eigenvalue weighted by Crippen LogP contribution is -2.43. The molecule has 0 bridgehead atoms. The fourth-order valence-corrected chi connectivity index (χ4v) is 2.75. The molecule has 1 aliphatic heterocycles. The largest absolute Gasteiger partial charge is 0.341 e. The van der Waals surface area contributed by atoms with E-state index < -0.39 is 5.41 Å². The zero-order valence-electron chi connectivity index (χ0n) is 12.9. The second kappa shape index (κ2) is 6.32. The molecule has 1 amide bonds. The Morgan fingerprint density at radius 1 is 1.38 bits per heavy atom. The molecule has 0 spiro atoms. The van der Waals surface area contributed by atoms with Gasteiger partial charge in [-0.05, 0) is 49.9 Å². The normalized spacial score (nSPS) is 22.0. The third-order valence-corrected chi connectivity index (χ3v) is 4.44. The molecular formula is C16H24ClFN2O. The van der Waals surface area contributed by atoms with Crippen molar-refractivity contribution in [1.29, 1.82) is 0 Å². The van der Waals surface area contributed by atoms with Gasteiger partial charge in [0.1, 0.15) is 5.82 Å². The van der Waals surface area contributed by atoms with Crippen LogP contribution in [0, 0.1) is 11.2 Å². The number of carbonyl (C=O) groups is 1. The van der Waals surface area contributed by atoms with Crippen LogP contribution in [0.3, 0.4) is 0 Å². The van der Waals surface area contributed by atoms with Crippen molar-refractivity contribution < 1.29 is 9.18 Å². The summed E-state index contributed by atoms with van der Waals surface area (Å²) in [4.78, 5) is 14.6. The molecule has 21 heavy (non-hydrogen) atoms. The molecule has 5 heteroatoms. The van der Waals surface area contributed by atoms with Gasteiger partial charge in [0.25, 0.3) is 0 Å². The van der Waals surface area contributed by atoms with E-state index in [4.69, 9.17) is 5.73 Å². The number of carbonyl (C=O) groups excluding carboxylic acids is 1. The van der Waals surface area contributed by atoms with Gasteiger partial charge in [0.15, 0.2) is 0 Å². The molecular weight excluding hydrogens is 291 g/mol. The monoisotopic (exact) mass is 314 g/mol. The van der Waals surface area contributed by atoms with Crippen molar-refractivity contribution in [2.24, 2.45) is 11.1 Å². The van der Waals surface area contributed by atoms with Crippen molar-refractivity contribution in [2.75, 3.05) is 19.6 Å². The number of likely N-dealkylation sites (tertiary alicyclic amines) is 1. The van der Waals surface area contributed by atoms with E-state index in [-0.39, 0.29) is 29.5 Å². The maximum absolute atomic E-state index is 13.0. The van der Waals surface area contributed by atoms with E-state index in [1.807, 2.05) is 18.7 Å². The Kier molecular flexibility index (Phi) is 5.40. The molecule has 1 fully saturated rings. The van der Waals surface area contributed by atoms with E-state index in [0.29, 0.717) is 13.1 Å². The highest BCUT2D eigenvalue weighted by Crippen LogP contribution is 2.33. The molecule has 3 nitrogen and oxygen atoms in total. The van der Waals surface area contributed by atoms with E-state index in [2.05, 4.69) is 6.92 Å². The van der Waals surface area contributed by atoms with Gasteiger partial charge in [0.05, 0.1) is 5.41 Å². The van der Waals surface area contributed by atoms with Gasteiger partial charge >= 0.3 is 0 Å². The van der Waals surface area contributed by atoms with E-state index in [9.17, 15) is 9.18 Å². The highest BCUT2D eigenvalue weighted by Gasteiger charge is 2.40. The fourth-order valence-electron chi connectivity index (χ4n) is 2.75. The van der Waals surface area contributed by atoms with Gasteiger partial charge in [-0.15, -0.1) is 12.4 Å². The topological polar surface area (TPSA) is 46.3 Å². The molecule has 1 unspecified atom stereocenters. The van der Waals surface area contributed by atoms with Crippen LogP contribution in [-0.2, 0) is 10.2 Å². The lowest BCUT2D eigenvalue weighted by molar-refractivity contribution is -0.135. The first-order valence-electron chi connectivity index (χ1n) is 7.04. The average molecular weight is 315 g/mol. The molecule has 118 valence electrons. The Morgan fingerprint density at radius 3 is 2.43 bits per heavy atom. The summed E-state index contributed by atoms with van der Waals surface area (Å²) >= 11 is 0. The van der Waals surface area contributed by atoms with Gasteiger partial charge in [-0.3, -0.25) is 4.79 Å². The Bertz CT molecular complexity index is 504. The lowest BCUT2D eigenvalue weighted by atomic mass is 9.83. The SMILES string of the molecule is CC1(CN)CCN(C(=O)C(C)(C)c2ccc(F)cc2)C1.Cl.